The second-order valence-electron chi connectivity index (χ2n) is 11.7. The van der Waals surface area contributed by atoms with Crippen LogP contribution in [-0.2, 0) is 5.54 Å². The highest BCUT2D eigenvalue weighted by atomic mass is 35.5. The molecular formula is C39H26Cl2N4O2. The van der Waals surface area contributed by atoms with Crippen molar-refractivity contribution < 1.29 is 9.59 Å². The average Bonchev–Trinajstić information content (AvgIpc) is 3.68. The monoisotopic (exact) mass is 652 g/mol. The van der Waals surface area contributed by atoms with Gasteiger partial charge in [-0.25, -0.2) is 9.69 Å². The van der Waals surface area contributed by atoms with E-state index in [1.807, 2.05) is 116 Å². The van der Waals surface area contributed by atoms with Gasteiger partial charge in [0, 0.05) is 15.6 Å². The topological polar surface area (TPSA) is 67.6 Å². The molecule has 2 aliphatic rings. The number of ketones is 2. The van der Waals surface area contributed by atoms with Gasteiger partial charge in [0.15, 0.2) is 11.3 Å². The number of halogens is 2. The second-order valence-corrected chi connectivity index (χ2v) is 12.6. The quantitative estimate of drug-likeness (QED) is 0.186. The molecule has 8 rings (SSSR count). The third-order valence-corrected chi connectivity index (χ3v) is 9.44. The van der Waals surface area contributed by atoms with Crippen LogP contribution in [0.15, 0.2) is 139 Å². The zero-order valence-electron chi connectivity index (χ0n) is 25.1. The van der Waals surface area contributed by atoms with E-state index in [0.717, 1.165) is 5.56 Å². The van der Waals surface area contributed by atoms with E-state index in [9.17, 15) is 0 Å². The van der Waals surface area contributed by atoms with Crippen molar-refractivity contribution in [1.82, 2.24) is 9.78 Å². The number of para-hydroxylation sites is 2. The number of carbonyl (C=O) groups is 2. The largest absolute Gasteiger partial charge is 0.293 e. The van der Waals surface area contributed by atoms with E-state index in [2.05, 4.69) is 0 Å². The number of hydrogen-bond donors (Lipinski definition) is 0. The second kappa shape index (κ2) is 11.2. The number of benzene rings is 5. The number of hydrogen-bond acceptors (Lipinski definition) is 5. The lowest BCUT2D eigenvalue weighted by Crippen LogP contribution is -2.58. The molecule has 228 valence electrons. The summed E-state index contributed by atoms with van der Waals surface area (Å²) in [6, 6.07) is 41.1. The highest BCUT2D eigenvalue weighted by Gasteiger charge is 2.66. The van der Waals surface area contributed by atoms with E-state index in [4.69, 9.17) is 33.4 Å². The van der Waals surface area contributed by atoms with E-state index >= 15 is 9.59 Å². The minimum atomic E-state index is -1.56. The van der Waals surface area contributed by atoms with Crippen molar-refractivity contribution >= 4 is 46.2 Å². The van der Waals surface area contributed by atoms with Gasteiger partial charge in [0.1, 0.15) is 17.3 Å². The van der Waals surface area contributed by atoms with Gasteiger partial charge in [-0.1, -0.05) is 114 Å². The van der Waals surface area contributed by atoms with E-state index in [-0.39, 0.29) is 22.8 Å². The van der Waals surface area contributed by atoms with Gasteiger partial charge < -0.3 is 0 Å². The Morgan fingerprint density at radius 2 is 1.21 bits per heavy atom. The number of anilines is 1. The Balaban J connectivity index is 1.49. The van der Waals surface area contributed by atoms with Crippen molar-refractivity contribution in [3.63, 3.8) is 0 Å². The molecule has 2 unspecified atom stereocenters. The molecule has 8 heteroatoms. The first-order chi connectivity index (χ1) is 22.9. The van der Waals surface area contributed by atoms with Crippen LogP contribution in [0.4, 0.5) is 5.69 Å². The number of rotatable bonds is 5. The minimum absolute atomic E-state index is 0.205. The van der Waals surface area contributed by atoms with Crippen molar-refractivity contribution in [2.45, 2.75) is 12.5 Å². The van der Waals surface area contributed by atoms with Crippen molar-refractivity contribution in [2.24, 2.45) is 11.0 Å². The molecule has 6 aromatic rings. The maximum atomic E-state index is 15.8. The lowest BCUT2D eigenvalue weighted by Gasteiger charge is -2.42. The van der Waals surface area contributed by atoms with Crippen LogP contribution in [0.1, 0.15) is 37.5 Å². The minimum Gasteiger partial charge on any atom is -0.293 e. The van der Waals surface area contributed by atoms with Gasteiger partial charge in [-0.15, -0.1) is 0 Å². The molecule has 0 N–H and O–H groups in total. The predicted molar refractivity (Wildman–Crippen MR) is 186 cm³/mol. The number of Topliss-reactive ketones (excluding diaryl/α,β-unsaturated/α-hetero) is 2. The van der Waals surface area contributed by atoms with Crippen LogP contribution in [0, 0.1) is 12.8 Å². The molecule has 2 heterocycles. The zero-order chi connectivity index (χ0) is 32.3. The molecule has 1 aliphatic heterocycles. The third-order valence-electron chi connectivity index (χ3n) is 8.94. The Kier molecular flexibility index (Phi) is 6.94. The molecule has 0 radical (unpaired) electrons. The molecule has 5 aromatic carbocycles. The normalized spacial score (nSPS) is 18.6. The summed E-state index contributed by atoms with van der Waals surface area (Å²) in [7, 11) is 0. The van der Waals surface area contributed by atoms with Gasteiger partial charge in [-0.3, -0.25) is 9.59 Å². The summed E-state index contributed by atoms with van der Waals surface area (Å²) >= 11 is 12.6. The zero-order valence-corrected chi connectivity index (χ0v) is 26.7. The van der Waals surface area contributed by atoms with Crippen molar-refractivity contribution in [3.05, 3.63) is 171 Å². The summed E-state index contributed by atoms with van der Waals surface area (Å²) in [6.07, 6.45) is 0. The van der Waals surface area contributed by atoms with Crippen LogP contribution in [0.25, 0.3) is 16.9 Å². The average molecular weight is 654 g/mol. The standard InChI is InChI=1S/C39H26Cl2N4O2/c1-24-12-18-27(19-13-24)39-33(35(26-16-22-29(41)23-17-26)43-45(39)31-10-6-3-7-11-31)37(46)32-34(25-14-20-28(40)21-15-25)42-44(36(32)38(39)47)30-8-4-2-5-9-30/h2-23,33H,1H3. The maximum absolute atomic E-state index is 15.8. The van der Waals surface area contributed by atoms with Crippen molar-refractivity contribution in [3.8, 4) is 16.9 Å². The number of fused-ring (bicyclic) bond motifs is 2. The molecule has 1 aromatic heterocycles. The molecule has 0 saturated carbocycles. The van der Waals surface area contributed by atoms with Gasteiger partial charge >= 0.3 is 0 Å². The molecule has 0 fully saturated rings. The first-order valence-corrected chi connectivity index (χ1v) is 15.9. The molecule has 0 bridgehead atoms. The Labute approximate surface area is 281 Å². The third kappa shape index (κ3) is 4.48. The summed E-state index contributed by atoms with van der Waals surface area (Å²) in [5.41, 5.74) is 4.17. The van der Waals surface area contributed by atoms with E-state index in [0.29, 0.717) is 49.5 Å². The molecule has 6 nitrogen and oxygen atoms in total. The first-order valence-electron chi connectivity index (χ1n) is 15.2. The fourth-order valence-corrected chi connectivity index (χ4v) is 7.01. The van der Waals surface area contributed by atoms with Gasteiger partial charge in [-0.05, 0) is 66.6 Å². The number of hydrazone groups is 1. The lowest BCUT2D eigenvalue weighted by atomic mass is 9.64. The van der Waals surface area contributed by atoms with Crippen LogP contribution in [0.2, 0.25) is 10.0 Å². The fraction of sp³-hybridized carbons (Fsp3) is 0.0769. The van der Waals surface area contributed by atoms with E-state index < -0.39 is 11.5 Å². The van der Waals surface area contributed by atoms with Crippen LogP contribution in [-0.4, -0.2) is 27.1 Å². The summed E-state index contributed by atoms with van der Waals surface area (Å²) in [5, 5.41) is 13.0. The molecule has 2 atom stereocenters. The van der Waals surface area contributed by atoms with Crippen molar-refractivity contribution in [2.75, 3.05) is 5.01 Å². The SMILES string of the molecule is Cc1ccc(C23C(=O)c4c(c(-c5ccc(Cl)cc5)nn4-c4ccccc4)C(=O)C2C(c2ccc(Cl)cc2)=NN3c2ccccc2)cc1. The van der Waals surface area contributed by atoms with Gasteiger partial charge in [0.25, 0.3) is 0 Å². The summed E-state index contributed by atoms with van der Waals surface area (Å²) in [6.45, 7) is 1.99. The van der Waals surface area contributed by atoms with Crippen LogP contribution in [0.3, 0.4) is 0 Å². The Bertz CT molecular complexity index is 2190. The Hall–Kier alpha value is -5.30. The molecule has 0 saturated heterocycles. The Morgan fingerprint density at radius 1 is 0.660 bits per heavy atom. The lowest BCUT2D eigenvalue weighted by molar-refractivity contribution is 0.0741. The van der Waals surface area contributed by atoms with E-state index in [1.54, 1.807) is 34.0 Å². The highest BCUT2D eigenvalue weighted by Crippen LogP contribution is 2.53. The molecule has 1 aliphatic carbocycles. The summed E-state index contributed by atoms with van der Waals surface area (Å²) in [5.74, 6) is -1.54. The molecule has 47 heavy (non-hydrogen) atoms. The predicted octanol–water partition coefficient (Wildman–Crippen LogP) is 8.97. The maximum Gasteiger partial charge on any atom is 0.215 e. The number of aryl methyl sites for hydroxylation is 1. The van der Waals surface area contributed by atoms with Crippen LogP contribution < -0.4 is 5.01 Å². The van der Waals surface area contributed by atoms with Crippen LogP contribution >= 0.6 is 23.2 Å². The van der Waals surface area contributed by atoms with E-state index in [1.165, 1.54) is 0 Å². The van der Waals surface area contributed by atoms with Crippen molar-refractivity contribution in [1.29, 1.82) is 0 Å². The molecular weight excluding hydrogens is 627 g/mol. The van der Waals surface area contributed by atoms with Gasteiger partial charge in [0.05, 0.1) is 22.6 Å². The fourth-order valence-electron chi connectivity index (χ4n) is 6.76. The molecule has 0 amide bonds. The number of carbonyl (C=O) groups excluding carboxylic acids is 2. The highest BCUT2D eigenvalue weighted by molar-refractivity contribution is 6.34. The summed E-state index contributed by atoms with van der Waals surface area (Å²) in [4.78, 5) is 31.2. The smallest absolute Gasteiger partial charge is 0.215 e. The molecule has 0 spiro atoms. The van der Waals surface area contributed by atoms with Crippen LogP contribution in [0.5, 0.6) is 0 Å². The number of aromatic nitrogens is 2. The first kappa shape index (κ1) is 29.1. The number of nitrogens with zero attached hydrogens (tertiary/aromatic N) is 4. The Morgan fingerprint density at radius 3 is 1.81 bits per heavy atom. The summed E-state index contributed by atoms with van der Waals surface area (Å²) < 4.78 is 1.61. The van der Waals surface area contributed by atoms with Gasteiger partial charge in [-0.2, -0.15) is 10.2 Å². The van der Waals surface area contributed by atoms with Gasteiger partial charge in [0.2, 0.25) is 5.78 Å².